The molecule has 0 radical (unpaired) electrons. The van der Waals surface area contributed by atoms with Gasteiger partial charge in [-0.05, 0) is 31.5 Å². The Morgan fingerprint density at radius 2 is 2.00 bits per heavy atom. The summed E-state index contributed by atoms with van der Waals surface area (Å²) < 4.78 is 13.0. The van der Waals surface area contributed by atoms with Crippen molar-refractivity contribution in [1.82, 2.24) is 0 Å². The topological polar surface area (TPSA) is 35.8 Å². The summed E-state index contributed by atoms with van der Waals surface area (Å²) >= 11 is 0. The molecule has 104 valence electrons. The Balaban J connectivity index is 2.40. The molecular weight excluding hydrogens is 239 g/mol. The summed E-state index contributed by atoms with van der Waals surface area (Å²) in [6, 6.07) is 6.63. The van der Waals surface area contributed by atoms with E-state index in [1.807, 2.05) is 6.07 Å². The zero-order valence-corrected chi connectivity index (χ0v) is 11.9. The molecule has 3 heteroatoms. The van der Waals surface area contributed by atoms with Crippen molar-refractivity contribution in [2.45, 2.75) is 58.4 Å². The van der Waals surface area contributed by atoms with Crippen LogP contribution in [0.1, 0.15) is 57.9 Å². The van der Waals surface area contributed by atoms with Gasteiger partial charge in [0, 0.05) is 6.04 Å². The van der Waals surface area contributed by atoms with E-state index in [-0.39, 0.29) is 5.82 Å². The third-order valence-electron chi connectivity index (χ3n) is 3.24. The van der Waals surface area contributed by atoms with Gasteiger partial charge in [0.15, 0.2) is 0 Å². The first-order chi connectivity index (χ1) is 9.17. The third kappa shape index (κ3) is 5.74. The van der Waals surface area contributed by atoms with Crippen LogP contribution in [0.15, 0.2) is 18.2 Å². The molecule has 0 saturated heterocycles. The molecule has 2 nitrogen and oxygen atoms in total. The molecule has 0 bridgehead atoms. The maximum Gasteiger partial charge on any atom is 0.124 e. The van der Waals surface area contributed by atoms with Gasteiger partial charge in [-0.15, -0.1) is 0 Å². The zero-order chi connectivity index (χ0) is 14.1. The summed E-state index contributed by atoms with van der Waals surface area (Å²) in [5, 5.41) is 12.3. The smallest absolute Gasteiger partial charge is 0.124 e. The molecule has 1 aromatic rings. The van der Waals surface area contributed by atoms with Crippen LogP contribution in [0.5, 0.6) is 0 Å². The number of nitrogens with one attached hydrogen (secondary N) is 1. The minimum Gasteiger partial charge on any atom is -0.382 e. The van der Waals surface area contributed by atoms with Gasteiger partial charge in [-0.3, -0.25) is 0 Å². The molecule has 0 aromatic heterocycles. The molecule has 0 amide bonds. The van der Waals surface area contributed by atoms with E-state index in [4.69, 9.17) is 5.26 Å². The Bertz CT molecular complexity index is 423. The highest BCUT2D eigenvalue weighted by Crippen LogP contribution is 2.18. The predicted octanol–water partition coefficient (Wildman–Crippen LogP) is 4.86. The molecule has 1 atom stereocenters. The Labute approximate surface area is 115 Å². The Hall–Kier alpha value is -1.56. The molecule has 0 saturated carbocycles. The molecule has 1 rings (SSSR count). The van der Waals surface area contributed by atoms with Gasteiger partial charge in [-0.1, -0.05) is 39.0 Å². The van der Waals surface area contributed by atoms with Crippen molar-refractivity contribution >= 4 is 5.69 Å². The van der Waals surface area contributed by atoms with E-state index in [1.54, 1.807) is 6.07 Å². The predicted molar refractivity (Wildman–Crippen MR) is 77.6 cm³/mol. The number of rotatable bonds is 8. The van der Waals surface area contributed by atoms with E-state index in [0.717, 1.165) is 12.1 Å². The number of benzene rings is 1. The van der Waals surface area contributed by atoms with Gasteiger partial charge in [-0.25, -0.2) is 4.39 Å². The normalized spacial score (nSPS) is 11.9. The largest absolute Gasteiger partial charge is 0.382 e. The van der Waals surface area contributed by atoms with E-state index in [1.165, 1.54) is 44.2 Å². The van der Waals surface area contributed by atoms with Crippen LogP contribution in [-0.4, -0.2) is 6.04 Å². The molecular formula is C16H23FN2. The Morgan fingerprint density at radius 1 is 1.26 bits per heavy atom. The van der Waals surface area contributed by atoms with Gasteiger partial charge in [0.05, 0.1) is 11.3 Å². The second-order valence-corrected chi connectivity index (χ2v) is 5.05. The van der Waals surface area contributed by atoms with E-state index in [9.17, 15) is 4.39 Å². The van der Waals surface area contributed by atoms with Crippen molar-refractivity contribution in [3.63, 3.8) is 0 Å². The van der Waals surface area contributed by atoms with Crippen molar-refractivity contribution < 1.29 is 4.39 Å². The molecule has 0 aliphatic rings. The lowest BCUT2D eigenvalue weighted by molar-refractivity contribution is 0.578. The van der Waals surface area contributed by atoms with Crippen molar-refractivity contribution in [3.05, 3.63) is 29.6 Å². The summed E-state index contributed by atoms with van der Waals surface area (Å²) in [4.78, 5) is 0. The van der Waals surface area contributed by atoms with E-state index in [2.05, 4.69) is 19.2 Å². The van der Waals surface area contributed by atoms with Crippen LogP contribution >= 0.6 is 0 Å². The van der Waals surface area contributed by atoms with Crippen LogP contribution in [0, 0.1) is 17.1 Å². The number of nitrogens with zero attached hydrogens (tertiary/aromatic N) is 1. The van der Waals surface area contributed by atoms with Crippen LogP contribution in [0.25, 0.3) is 0 Å². The van der Waals surface area contributed by atoms with Crippen molar-refractivity contribution in [3.8, 4) is 6.07 Å². The number of nitriles is 1. The molecule has 0 heterocycles. The standard InChI is InChI=1S/C16H23FN2/c1-3-4-5-6-7-8-13(2)19-16-10-9-15(17)11-14(16)12-18/h9-11,13,19H,3-8H2,1-2H3. The molecule has 1 aromatic carbocycles. The summed E-state index contributed by atoms with van der Waals surface area (Å²) in [7, 11) is 0. The average molecular weight is 262 g/mol. The molecule has 0 aliphatic carbocycles. The lowest BCUT2D eigenvalue weighted by atomic mass is 10.1. The summed E-state index contributed by atoms with van der Waals surface area (Å²) in [6.45, 7) is 4.31. The van der Waals surface area contributed by atoms with Crippen molar-refractivity contribution in [2.24, 2.45) is 0 Å². The van der Waals surface area contributed by atoms with Crippen molar-refractivity contribution in [1.29, 1.82) is 5.26 Å². The van der Waals surface area contributed by atoms with Crippen LogP contribution in [0.4, 0.5) is 10.1 Å². The van der Waals surface area contributed by atoms with E-state index in [0.29, 0.717) is 11.6 Å². The number of hydrogen-bond donors (Lipinski definition) is 1. The lowest BCUT2D eigenvalue weighted by Gasteiger charge is -2.16. The van der Waals surface area contributed by atoms with Crippen LogP contribution in [0.3, 0.4) is 0 Å². The maximum absolute atomic E-state index is 13.0. The quantitative estimate of drug-likeness (QED) is 0.679. The van der Waals surface area contributed by atoms with Gasteiger partial charge in [-0.2, -0.15) is 5.26 Å². The summed E-state index contributed by atoms with van der Waals surface area (Å²) in [5.41, 5.74) is 1.10. The molecule has 0 aliphatic heterocycles. The molecule has 19 heavy (non-hydrogen) atoms. The van der Waals surface area contributed by atoms with Gasteiger partial charge < -0.3 is 5.32 Å². The van der Waals surface area contributed by atoms with Gasteiger partial charge in [0.2, 0.25) is 0 Å². The van der Waals surface area contributed by atoms with Gasteiger partial charge in [0.25, 0.3) is 0 Å². The number of hydrogen-bond acceptors (Lipinski definition) is 2. The van der Waals surface area contributed by atoms with E-state index < -0.39 is 0 Å². The first kappa shape index (κ1) is 15.5. The fraction of sp³-hybridized carbons (Fsp3) is 0.562. The second-order valence-electron chi connectivity index (χ2n) is 5.05. The minimum atomic E-state index is -0.366. The highest BCUT2D eigenvalue weighted by molar-refractivity contribution is 5.57. The molecule has 0 fully saturated rings. The van der Waals surface area contributed by atoms with Crippen LogP contribution in [-0.2, 0) is 0 Å². The first-order valence-electron chi connectivity index (χ1n) is 7.13. The second kappa shape index (κ2) is 8.53. The number of unbranched alkanes of at least 4 members (excludes halogenated alkanes) is 4. The summed E-state index contributed by atoms with van der Waals surface area (Å²) in [6.07, 6.45) is 7.38. The van der Waals surface area contributed by atoms with Gasteiger partial charge >= 0.3 is 0 Å². The minimum absolute atomic E-state index is 0.305. The number of halogens is 1. The third-order valence-corrected chi connectivity index (χ3v) is 3.24. The van der Waals surface area contributed by atoms with Gasteiger partial charge in [0.1, 0.15) is 11.9 Å². The lowest BCUT2D eigenvalue weighted by Crippen LogP contribution is -2.15. The highest BCUT2D eigenvalue weighted by Gasteiger charge is 2.07. The maximum atomic E-state index is 13.0. The average Bonchev–Trinajstić information content (AvgIpc) is 2.40. The first-order valence-corrected chi connectivity index (χ1v) is 7.13. The SMILES string of the molecule is CCCCCCCC(C)Nc1ccc(F)cc1C#N. The van der Waals surface area contributed by atoms with E-state index >= 15 is 0 Å². The fourth-order valence-corrected chi connectivity index (χ4v) is 2.13. The Kier molecular flexibility index (Phi) is 6.95. The highest BCUT2D eigenvalue weighted by atomic mass is 19.1. The zero-order valence-electron chi connectivity index (χ0n) is 11.9. The monoisotopic (exact) mass is 262 g/mol. The summed E-state index contributed by atoms with van der Waals surface area (Å²) in [5.74, 6) is -0.366. The molecule has 1 unspecified atom stereocenters. The molecule has 1 N–H and O–H groups in total. The van der Waals surface area contributed by atoms with Crippen molar-refractivity contribution in [2.75, 3.05) is 5.32 Å². The number of anilines is 1. The molecule has 0 spiro atoms. The van der Waals surface area contributed by atoms with Crippen LogP contribution in [0.2, 0.25) is 0 Å². The van der Waals surface area contributed by atoms with Crippen LogP contribution < -0.4 is 5.32 Å². The fourth-order valence-electron chi connectivity index (χ4n) is 2.13. The Morgan fingerprint density at radius 3 is 2.68 bits per heavy atom.